The Morgan fingerprint density at radius 1 is 1.14 bits per heavy atom. The van der Waals surface area contributed by atoms with Crippen molar-refractivity contribution in [2.75, 3.05) is 17.2 Å². The Bertz CT molecular complexity index is 671. The average molecular weight is 290 g/mol. The van der Waals surface area contributed by atoms with E-state index in [1.807, 2.05) is 12.1 Å². The molecule has 2 aromatic rings. The first kappa shape index (κ1) is 13.4. The zero-order valence-corrected chi connectivity index (χ0v) is 10.9. The fraction of sp³-hybridized carbons (Fsp3) is 0.133. The lowest BCUT2D eigenvalue weighted by molar-refractivity contribution is -0.122. The van der Waals surface area contributed by atoms with Gasteiger partial charge in [-0.1, -0.05) is 18.2 Å². The highest BCUT2D eigenvalue weighted by Crippen LogP contribution is 2.28. The maximum absolute atomic E-state index is 13.5. The van der Waals surface area contributed by atoms with Crippen molar-refractivity contribution < 1.29 is 18.3 Å². The highest BCUT2D eigenvalue weighted by atomic mass is 19.1. The highest BCUT2D eigenvalue weighted by Gasteiger charge is 2.27. The Morgan fingerprint density at radius 3 is 2.62 bits per heavy atom. The van der Waals surface area contributed by atoms with Crippen molar-refractivity contribution in [3.05, 3.63) is 54.1 Å². The molecule has 0 saturated carbocycles. The van der Waals surface area contributed by atoms with Crippen LogP contribution in [0.2, 0.25) is 0 Å². The van der Waals surface area contributed by atoms with E-state index in [9.17, 15) is 13.6 Å². The summed E-state index contributed by atoms with van der Waals surface area (Å²) in [4.78, 5) is 12.1. The van der Waals surface area contributed by atoms with Crippen LogP contribution in [-0.2, 0) is 4.79 Å². The van der Waals surface area contributed by atoms with Crippen LogP contribution in [0.4, 0.5) is 20.2 Å². The van der Waals surface area contributed by atoms with Crippen molar-refractivity contribution >= 4 is 17.3 Å². The molecule has 1 heterocycles. The number of para-hydroxylation sites is 3. The fourth-order valence-electron chi connectivity index (χ4n) is 2.08. The van der Waals surface area contributed by atoms with Crippen molar-refractivity contribution in [2.45, 2.75) is 6.10 Å². The lowest BCUT2D eigenvalue weighted by Crippen LogP contribution is -2.41. The monoisotopic (exact) mass is 290 g/mol. The summed E-state index contributed by atoms with van der Waals surface area (Å²) < 4.78 is 32.5. The van der Waals surface area contributed by atoms with Gasteiger partial charge in [0.25, 0.3) is 5.91 Å². The van der Waals surface area contributed by atoms with Gasteiger partial charge in [0.2, 0.25) is 0 Å². The smallest absolute Gasteiger partial charge is 0.267 e. The molecular formula is C15H12F2N2O2. The van der Waals surface area contributed by atoms with Crippen LogP contribution >= 0.6 is 0 Å². The summed E-state index contributed by atoms with van der Waals surface area (Å²) in [5, 5.41) is 5.26. The van der Waals surface area contributed by atoms with Crippen molar-refractivity contribution in [3.63, 3.8) is 0 Å². The Balaban J connectivity index is 1.76. The van der Waals surface area contributed by atoms with Crippen LogP contribution in [0.5, 0.6) is 5.75 Å². The molecule has 0 spiro atoms. The number of anilines is 2. The van der Waals surface area contributed by atoms with Crippen LogP contribution in [0.15, 0.2) is 42.5 Å². The number of ether oxygens (including phenoxy) is 1. The van der Waals surface area contributed by atoms with Gasteiger partial charge in [-0.3, -0.25) is 4.79 Å². The maximum Gasteiger partial charge on any atom is 0.267 e. The van der Waals surface area contributed by atoms with E-state index in [1.54, 1.807) is 12.1 Å². The molecule has 0 fully saturated rings. The van der Waals surface area contributed by atoms with E-state index in [0.29, 0.717) is 5.75 Å². The summed E-state index contributed by atoms with van der Waals surface area (Å²) in [7, 11) is 0. The van der Waals surface area contributed by atoms with Crippen molar-refractivity contribution in [2.24, 2.45) is 0 Å². The molecule has 2 N–H and O–H groups in total. The van der Waals surface area contributed by atoms with Crippen LogP contribution in [0, 0.1) is 11.6 Å². The molecule has 1 unspecified atom stereocenters. The van der Waals surface area contributed by atoms with Gasteiger partial charge >= 0.3 is 0 Å². The largest absolute Gasteiger partial charge is 0.477 e. The minimum atomic E-state index is -0.862. The first-order chi connectivity index (χ1) is 10.1. The van der Waals surface area contributed by atoms with Gasteiger partial charge in [-0.15, -0.1) is 0 Å². The molecule has 1 aliphatic rings. The summed E-state index contributed by atoms with van der Waals surface area (Å²) in [5.41, 5.74) is 0.309. The Morgan fingerprint density at radius 2 is 1.86 bits per heavy atom. The van der Waals surface area contributed by atoms with Crippen molar-refractivity contribution in [1.82, 2.24) is 0 Å². The van der Waals surface area contributed by atoms with Gasteiger partial charge in [-0.05, 0) is 24.3 Å². The Kier molecular flexibility index (Phi) is 3.43. The number of benzene rings is 2. The van der Waals surface area contributed by atoms with Crippen LogP contribution in [0.1, 0.15) is 0 Å². The number of carbonyl (C=O) groups is 1. The van der Waals surface area contributed by atoms with Gasteiger partial charge < -0.3 is 15.4 Å². The molecule has 0 aromatic heterocycles. The lowest BCUT2D eigenvalue weighted by Gasteiger charge is -2.26. The molecule has 4 nitrogen and oxygen atoms in total. The van der Waals surface area contributed by atoms with Crippen LogP contribution < -0.4 is 15.4 Å². The van der Waals surface area contributed by atoms with Gasteiger partial charge in [0.15, 0.2) is 6.10 Å². The number of hydrogen-bond donors (Lipinski definition) is 2. The van der Waals surface area contributed by atoms with Crippen molar-refractivity contribution in [1.29, 1.82) is 0 Å². The molecule has 1 aliphatic heterocycles. The second kappa shape index (κ2) is 5.40. The Hall–Kier alpha value is -2.63. The number of rotatable bonds is 2. The predicted octanol–water partition coefficient (Wildman–Crippen LogP) is 2.78. The molecule has 1 amide bonds. The first-order valence-electron chi connectivity index (χ1n) is 6.39. The van der Waals surface area contributed by atoms with Crippen molar-refractivity contribution in [3.8, 4) is 5.75 Å². The number of nitrogens with one attached hydrogen (secondary N) is 2. The number of fused-ring (bicyclic) bond motifs is 1. The van der Waals surface area contributed by atoms with E-state index < -0.39 is 29.3 Å². The van der Waals surface area contributed by atoms with E-state index in [2.05, 4.69) is 10.6 Å². The van der Waals surface area contributed by atoms with Gasteiger partial charge in [0.1, 0.15) is 23.1 Å². The lowest BCUT2D eigenvalue weighted by atomic mass is 10.2. The average Bonchev–Trinajstić information content (AvgIpc) is 2.50. The number of halogens is 2. The normalized spacial score (nSPS) is 16.4. The standard InChI is InChI=1S/C15H12F2N2O2/c16-9-4-3-5-10(17)14(9)19-15(20)13-8-18-11-6-1-2-7-12(11)21-13/h1-7,13,18H,8H2,(H,19,20). The SMILES string of the molecule is O=C(Nc1c(F)cccc1F)C1CNc2ccccc2O1. The minimum absolute atomic E-state index is 0.221. The molecule has 0 bridgehead atoms. The predicted molar refractivity (Wildman–Crippen MR) is 74.3 cm³/mol. The highest BCUT2D eigenvalue weighted by molar-refractivity contribution is 5.95. The molecular weight excluding hydrogens is 278 g/mol. The molecule has 6 heteroatoms. The van der Waals surface area contributed by atoms with E-state index in [-0.39, 0.29) is 6.54 Å². The van der Waals surface area contributed by atoms with Gasteiger partial charge in [0.05, 0.1) is 12.2 Å². The zero-order chi connectivity index (χ0) is 14.8. The quantitative estimate of drug-likeness (QED) is 0.894. The van der Waals surface area contributed by atoms with Gasteiger partial charge in [-0.25, -0.2) is 8.78 Å². The molecule has 1 atom stereocenters. The summed E-state index contributed by atoms with van der Waals surface area (Å²) in [6.07, 6.45) is -0.862. The van der Waals surface area contributed by atoms with Gasteiger partial charge in [0, 0.05) is 0 Å². The number of carbonyl (C=O) groups excluding carboxylic acids is 1. The van der Waals surface area contributed by atoms with Gasteiger partial charge in [-0.2, -0.15) is 0 Å². The third kappa shape index (κ3) is 2.65. The summed E-state index contributed by atoms with van der Waals surface area (Å²) >= 11 is 0. The molecule has 0 radical (unpaired) electrons. The third-order valence-corrected chi connectivity index (χ3v) is 3.14. The van der Waals surface area contributed by atoms with E-state index in [1.165, 1.54) is 6.07 Å². The maximum atomic E-state index is 13.5. The zero-order valence-electron chi connectivity index (χ0n) is 10.9. The summed E-state index contributed by atoms with van der Waals surface area (Å²) in [6, 6.07) is 10.5. The number of hydrogen-bond acceptors (Lipinski definition) is 3. The second-order valence-corrected chi connectivity index (χ2v) is 4.57. The first-order valence-corrected chi connectivity index (χ1v) is 6.39. The molecule has 21 heavy (non-hydrogen) atoms. The van der Waals surface area contributed by atoms with E-state index >= 15 is 0 Å². The minimum Gasteiger partial charge on any atom is -0.477 e. The Labute approximate surface area is 119 Å². The van der Waals surface area contributed by atoms with Crippen LogP contribution in [0.25, 0.3) is 0 Å². The molecule has 0 saturated heterocycles. The van der Waals surface area contributed by atoms with E-state index in [0.717, 1.165) is 17.8 Å². The molecule has 3 rings (SSSR count). The topological polar surface area (TPSA) is 50.4 Å². The van der Waals surface area contributed by atoms with Crippen LogP contribution in [-0.4, -0.2) is 18.6 Å². The number of amides is 1. The third-order valence-electron chi connectivity index (χ3n) is 3.14. The summed E-state index contributed by atoms with van der Waals surface area (Å²) in [6.45, 7) is 0.221. The summed E-state index contributed by atoms with van der Waals surface area (Å²) in [5.74, 6) is -1.74. The van der Waals surface area contributed by atoms with Crippen LogP contribution in [0.3, 0.4) is 0 Å². The van der Waals surface area contributed by atoms with E-state index in [4.69, 9.17) is 4.74 Å². The fourth-order valence-corrected chi connectivity index (χ4v) is 2.08. The second-order valence-electron chi connectivity index (χ2n) is 4.57. The molecule has 0 aliphatic carbocycles. The molecule has 108 valence electrons. The molecule has 2 aromatic carbocycles.